The van der Waals surface area contributed by atoms with Crippen LogP contribution in [-0.2, 0) is 28.4 Å². The second-order valence-corrected chi connectivity index (χ2v) is 9.13. The van der Waals surface area contributed by atoms with Crippen molar-refractivity contribution in [2.24, 2.45) is 7.05 Å². The third kappa shape index (κ3) is 4.74. The van der Waals surface area contributed by atoms with Crippen LogP contribution < -0.4 is 11.0 Å². The third-order valence-corrected chi connectivity index (χ3v) is 6.30. The fourth-order valence-electron chi connectivity index (χ4n) is 3.44. The zero-order valence-electron chi connectivity index (χ0n) is 16.5. The quantitative estimate of drug-likeness (QED) is 0.502. The average molecular weight is 438 g/mol. The Balaban J connectivity index is 1.70. The second kappa shape index (κ2) is 8.36. The molecule has 0 spiro atoms. The number of hydrogen-bond acceptors (Lipinski definition) is 7. The van der Waals surface area contributed by atoms with E-state index in [-0.39, 0.29) is 23.8 Å². The van der Waals surface area contributed by atoms with E-state index in [4.69, 9.17) is 0 Å². The van der Waals surface area contributed by atoms with Crippen LogP contribution in [0.2, 0.25) is 0 Å². The summed E-state index contributed by atoms with van der Waals surface area (Å²) in [5, 5.41) is 17.6. The topological polar surface area (TPSA) is 149 Å². The fraction of sp³-hybridized carbons (Fsp3) is 0.471. The van der Waals surface area contributed by atoms with E-state index in [0.717, 1.165) is 10.9 Å². The van der Waals surface area contributed by atoms with Gasteiger partial charge in [-0.1, -0.05) is 6.07 Å². The summed E-state index contributed by atoms with van der Waals surface area (Å²) in [4.78, 5) is 35.0. The molecular formula is C17H22N6O6S. The number of nitrogens with one attached hydrogen (secondary N) is 1. The largest absolute Gasteiger partial charge is 0.346 e. The van der Waals surface area contributed by atoms with Crippen molar-refractivity contribution in [3.8, 4) is 0 Å². The number of nitrogens with zero attached hydrogens (tertiary/aromatic N) is 5. The lowest BCUT2D eigenvalue weighted by molar-refractivity contribution is -0.384. The van der Waals surface area contributed by atoms with Crippen LogP contribution >= 0.6 is 0 Å². The first-order chi connectivity index (χ1) is 14.1. The maximum Gasteiger partial charge on any atom is 0.346 e. The van der Waals surface area contributed by atoms with Crippen molar-refractivity contribution >= 4 is 27.3 Å². The lowest BCUT2D eigenvalue weighted by Gasteiger charge is -2.29. The number of carbonyl (C=O) groups is 1. The van der Waals surface area contributed by atoms with Gasteiger partial charge >= 0.3 is 5.69 Å². The molecule has 13 heteroatoms. The summed E-state index contributed by atoms with van der Waals surface area (Å²) < 4.78 is 27.1. The lowest BCUT2D eigenvalue weighted by Crippen LogP contribution is -2.37. The fourth-order valence-corrected chi connectivity index (χ4v) is 4.32. The van der Waals surface area contributed by atoms with Gasteiger partial charge in [0.25, 0.3) is 5.69 Å². The number of nitro benzene ring substituents is 1. The summed E-state index contributed by atoms with van der Waals surface area (Å²) in [6.07, 6.45) is 2.21. The van der Waals surface area contributed by atoms with Gasteiger partial charge in [-0.3, -0.25) is 19.5 Å². The molecule has 3 rings (SSSR count). The number of aromatic nitrogens is 3. The van der Waals surface area contributed by atoms with Crippen LogP contribution in [0.3, 0.4) is 0 Å². The first-order valence-corrected chi connectivity index (χ1v) is 11.0. The van der Waals surface area contributed by atoms with Crippen molar-refractivity contribution in [1.29, 1.82) is 0 Å². The monoisotopic (exact) mass is 438 g/mol. The van der Waals surface area contributed by atoms with Gasteiger partial charge in [0.15, 0.2) is 0 Å². The van der Waals surface area contributed by atoms with Gasteiger partial charge in [0.1, 0.15) is 12.4 Å². The summed E-state index contributed by atoms with van der Waals surface area (Å²) in [6.45, 7) is 0.340. The number of amides is 1. The Kier molecular flexibility index (Phi) is 6.03. The van der Waals surface area contributed by atoms with E-state index < -0.39 is 26.5 Å². The standard InChI is InChI=1S/C17H22N6O6S/c1-20-16(12-6-8-21(9-7-12)30(2,28)29)19-22(17(20)25)11-15(24)18-13-4-3-5-14(10-13)23(26)27/h3-5,10,12H,6-9,11H2,1-2H3,(H,18,24). The van der Waals surface area contributed by atoms with Gasteiger partial charge in [-0.2, -0.15) is 5.10 Å². The SMILES string of the molecule is Cn1c(C2CCN(S(C)(=O)=O)CC2)nn(CC(=O)Nc2cccc([N+](=O)[O-])c2)c1=O. The summed E-state index contributed by atoms with van der Waals surface area (Å²) in [6, 6.07) is 5.48. The molecule has 0 saturated carbocycles. The summed E-state index contributed by atoms with van der Waals surface area (Å²) in [5.41, 5.74) is -0.387. The molecule has 0 radical (unpaired) electrons. The molecule has 1 fully saturated rings. The number of benzene rings is 1. The number of piperidine rings is 1. The van der Waals surface area contributed by atoms with E-state index in [1.165, 1.54) is 33.1 Å². The van der Waals surface area contributed by atoms with Crippen molar-refractivity contribution in [3.63, 3.8) is 0 Å². The highest BCUT2D eigenvalue weighted by atomic mass is 32.2. The van der Waals surface area contributed by atoms with Gasteiger partial charge in [-0.25, -0.2) is 22.2 Å². The van der Waals surface area contributed by atoms with E-state index in [1.807, 2.05) is 0 Å². The van der Waals surface area contributed by atoms with Gasteiger partial charge < -0.3 is 5.32 Å². The molecular weight excluding hydrogens is 416 g/mol. The number of sulfonamides is 1. The zero-order chi connectivity index (χ0) is 22.1. The Morgan fingerprint density at radius 2 is 2.00 bits per heavy atom. The van der Waals surface area contributed by atoms with Crippen molar-refractivity contribution in [3.05, 3.63) is 50.7 Å². The summed E-state index contributed by atoms with van der Waals surface area (Å²) in [7, 11) is -1.70. The minimum atomic E-state index is -3.25. The van der Waals surface area contributed by atoms with Crippen LogP contribution in [0.15, 0.2) is 29.1 Å². The maximum absolute atomic E-state index is 12.5. The molecule has 30 heavy (non-hydrogen) atoms. The van der Waals surface area contributed by atoms with Crippen molar-refractivity contribution in [2.75, 3.05) is 24.7 Å². The van der Waals surface area contributed by atoms with Crippen molar-refractivity contribution < 1.29 is 18.1 Å². The predicted molar refractivity (Wildman–Crippen MR) is 108 cm³/mol. The molecule has 2 heterocycles. The smallest absolute Gasteiger partial charge is 0.324 e. The molecule has 12 nitrogen and oxygen atoms in total. The van der Waals surface area contributed by atoms with E-state index >= 15 is 0 Å². The highest BCUT2D eigenvalue weighted by molar-refractivity contribution is 7.88. The molecule has 1 aromatic carbocycles. The van der Waals surface area contributed by atoms with E-state index in [9.17, 15) is 28.1 Å². The maximum atomic E-state index is 12.5. The van der Waals surface area contributed by atoms with Gasteiger partial charge in [-0.05, 0) is 18.9 Å². The van der Waals surface area contributed by atoms with Gasteiger partial charge in [0.2, 0.25) is 15.9 Å². The van der Waals surface area contributed by atoms with E-state index in [1.54, 1.807) is 7.05 Å². The second-order valence-electron chi connectivity index (χ2n) is 7.15. The molecule has 1 aromatic heterocycles. The number of nitro groups is 1. The molecule has 1 aliphatic rings. The number of anilines is 1. The molecule has 2 aromatic rings. The Hall–Kier alpha value is -3.06. The van der Waals surface area contributed by atoms with Crippen LogP contribution in [0, 0.1) is 10.1 Å². The normalized spacial score (nSPS) is 15.8. The van der Waals surface area contributed by atoms with Gasteiger partial charge in [0.05, 0.1) is 11.2 Å². The molecule has 1 aliphatic heterocycles. The lowest BCUT2D eigenvalue weighted by atomic mass is 9.97. The van der Waals surface area contributed by atoms with Crippen LogP contribution in [-0.4, -0.2) is 57.2 Å². The number of rotatable bonds is 6. The van der Waals surface area contributed by atoms with Crippen LogP contribution in [0.1, 0.15) is 24.6 Å². The third-order valence-electron chi connectivity index (χ3n) is 5.00. The minimum absolute atomic E-state index is 0.0956. The molecule has 1 amide bonds. The van der Waals surface area contributed by atoms with E-state index in [2.05, 4.69) is 10.4 Å². The van der Waals surface area contributed by atoms with Crippen LogP contribution in [0.5, 0.6) is 0 Å². The molecule has 1 saturated heterocycles. The number of hydrogen-bond donors (Lipinski definition) is 1. The highest BCUT2D eigenvalue weighted by Crippen LogP contribution is 2.26. The number of non-ortho nitro benzene ring substituents is 1. The summed E-state index contributed by atoms with van der Waals surface area (Å²) in [5.74, 6) is -0.146. The highest BCUT2D eigenvalue weighted by Gasteiger charge is 2.29. The Morgan fingerprint density at radius 1 is 1.33 bits per heavy atom. The first kappa shape index (κ1) is 21.6. The Morgan fingerprint density at radius 3 is 2.60 bits per heavy atom. The van der Waals surface area contributed by atoms with Crippen LogP contribution in [0.4, 0.5) is 11.4 Å². The predicted octanol–water partition coefficient (Wildman–Crippen LogP) is 0.268. The molecule has 162 valence electrons. The average Bonchev–Trinajstić information content (AvgIpc) is 2.96. The Labute approximate surface area is 172 Å². The first-order valence-electron chi connectivity index (χ1n) is 9.19. The molecule has 1 N–H and O–H groups in total. The number of carbonyl (C=O) groups excluding carboxylic acids is 1. The zero-order valence-corrected chi connectivity index (χ0v) is 17.3. The van der Waals surface area contributed by atoms with Gasteiger partial charge in [0, 0.05) is 43.9 Å². The van der Waals surface area contributed by atoms with Crippen molar-refractivity contribution in [1.82, 2.24) is 18.7 Å². The van der Waals surface area contributed by atoms with Crippen molar-refractivity contribution in [2.45, 2.75) is 25.3 Å². The Bertz CT molecular complexity index is 1130. The van der Waals surface area contributed by atoms with Crippen LogP contribution in [0.25, 0.3) is 0 Å². The minimum Gasteiger partial charge on any atom is -0.324 e. The molecule has 0 bridgehead atoms. The molecule has 0 aliphatic carbocycles. The summed E-state index contributed by atoms with van der Waals surface area (Å²) >= 11 is 0. The van der Waals surface area contributed by atoms with E-state index in [0.29, 0.717) is 31.8 Å². The molecule has 0 unspecified atom stereocenters. The molecule has 0 atom stereocenters. The van der Waals surface area contributed by atoms with Gasteiger partial charge in [-0.15, -0.1) is 0 Å².